The van der Waals surface area contributed by atoms with Crippen LogP contribution in [-0.2, 0) is 23.0 Å². The molecule has 0 saturated heterocycles. The van der Waals surface area contributed by atoms with Crippen molar-refractivity contribution in [3.63, 3.8) is 0 Å². The summed E-state index contributed by atoms with van der Waals surface area (Å²) in [7, 11) is -2.04. The molecule has 0 heterocycles. The second-order valence-electron chi connectivity index (χ2n) is 5.71. The molecular formula is C19H26N4O2S. The number of benzene rings is 2. The minimum absolute atomic E-state index is 0.245. The van der Waals surface area contributed by atoms with Gasteiger partial charge in [-0.2, -0.15) is 0 Å². The van der Waals surface area contributed by atoms with E-state index in [0.717, 1.165) is 25.1 Å². The van der Waals surface area contributed by atoms with Crippen molar-refractivity contribution in [3.05, 3.63) is 65.7 Å². The Morgan fingerprint density at radius 1 is 1.00 bits per heavy atom. The molecule has 2 rings (SSSR count). The molecule has 0 fully saturated rings. The molecule has 0 bridgehead atoms. The van der Waals surface area contributed by atoms with Gasteiger partial charge >= 0.3 is 0 Å². The third kappa shape index (κ3) is 6.16. The quantitative estimate of drug-likeness (QED) is 0.487. The van der Waals surface area contributed by atoms with Crippen LogP contribution in [0, 0.1) is 0 Å². The van der Waals surface area contributed by atoms with E-state index in [0.29, 0.717) is 12.5 Å². The normalized spacial score (nSPS) is 12.0. The van der Waals surface area contributed by atoms with Gasteiger partial charge in [-0.1, -0.05) is 42.5 Å². The molecule has 0 unspecified atom stereocenters. The minimum atomic E-state index is -3.44. The monoisotopic (exact) mass is 374 g/mol. The summed E-state index contributed by atoms with van der Waals surface area (Å²) in [5.74, 6) is 0.713. The van der Waals surface area contributed by atoms with Gasteiger partial charge in [0.2, 0.25) is 10.0 Å². The van der Waals surface area contributed by atoms with Crippen LogP contribution >= 0.6 is 0 Å². The van der Waals surface area contributed by atoms with Gasteiger partial charge in [0.1, 0.15) is 0 Å². The molecule has 0 aliphatic rings. The average Bonchev–Trinajstić information content (AvgIpc) is 2.67. The van der Waals surface area contributed by atoms with Crippen LogP contribution in [0.15, 0.2) is 64.5 Å². The van der Waals surface area contributed by atoms with Crippen molar-refractivity contribution >= 4 is 16.0 Å². The van der Waals surface area contributed by atoms with Crippen LogP contribution in [0.2, 0.25) is 0 Å². The molecule has 3 N–H and O–H groups in total. The number of sulfonamides is 1. The van der Waals surface area contributed by atoms with Crippen molar-refractivity contribution in [2.45, 2.75) is 24.8 Å². The fraction of sp³-hybridized carbons (Fsp3) is 0.316. The fourth-order valence-corrected chi connectivity index (χ4v) is 3.21. The molecule has 0 atom stereocenters. The van der Waals surface area contributed by atoms with E-state index in [4.69, 9.17) is 0 Å². The molecule has 0 radical (unpaired) electrons. The van der Waals surface area contributed by atoms with E-state index in [1.165, 1.54) is 12.6 Å². The van der Waals surface area contributed by atoms with Gasteiger partial charge in [-0.15, -0.1) is 0 Å². The van der Waals surface area contributed by atoms with E-state index >= 15 is 0 Å². The molecule has 26 heavy (non-hydrogen) atoms. The Hall–Kier alpha value is -2.38. The van der Waals surface area contributed by atoms with Crippen LogP contribution in [0.3, 0.4) is 0 Å². The summed E-state index contributed by atoms with van der Waals surface area (Å²) in [4.78, 5) is 4.79. The van der Waals surface area contributed by atoms with E-state index in [-0.39, 0.29) is 4.90 Å². The van der Waals surface area contributed by atoms with E-state index in [1.54, 1.807) is 18.2 Å². The summed E-state index contributed by atoms with van der Waals surface area (Å²) in [6.45, 7) is 3.93. The second-order valence-corrected chi connectivity index (χ2v) is 7.60. The first-order valence-electron chi connectivity index (χ1n) is 8.63. The number of aliphatic imine (C=N–C) groups is 1. The SMILES string of the molecule is CCNC(=NCc1cccc(S(=O)(=O)NC)c1)NCCc1ccccc1. The Morgan fingerprint density at radius 2 is 1.73 bits per heavy atom. The maximum absolute atomic E-state index is 11.9. The summed E-state index contributed by atoms with van der Waals surface area (Å²) < 4.78 is 26.1. The molecule has 0 spiro atoms. The van der Waals surface area contributed by atoms with Crippen molar-refractivity contribution in [3.8, 4) is 0 Å². The lowest BCUT2D eigenvalue weighted by atomic mass is 10.1. The second kappa shape index (κ2) is 9.94. The summed E-state index contributed by atoms with van der Waals surface area (Å²) in [5.41, 5.74) is 2.10. The largest absolute Gasteiger partial charge is 0.357 e. The van der Waals surface area contributed by atoms with Gasteiger partial charge in [0, 0.05) is 13.1 Å². The predicted octanol–water partition coefficient (Wildman–Crippen LogP) is 1.89. The van der Waals surface area contributed by atoms with Crippen molar-refractivity contribution < 1.29 is 8.42 Å². The minimum Gasteiger partial charge on any atom is -0.357 e. The lowest BCUT2D eigenvalue weighted by molar-refractivity contribution is 0.588. The Kier molecular flexibility index (Phi) is 7.62. The zero-order valence-electron chi connectivity index (χ0n) is 15.2. The van der Waals surface area contributed by atoms with Gasteiger partial charge in [-0.3, -0.25) is 0 Å². The molecule has 0 aromatic heterocycles. The van der Waals surface area contributed by atoms with Crippen LogP contribution in [-0.4, -0.2) is 34.5 Å². The van der Waals surface area contributed by atoms with Gasteiger partial charge < -0.3 is 10.6 Å². The van der Waals surface area contributed by atoms with Crippen LogP contribution in [0.1, 0.15) is 18.1 Å². The molecule has 140 valence electrons. The Labute approximate surface area is 155 Å². The standard InChI is InChI=1S/C19H26N4O2S/c1-3-21-19(22-13-12-16-8-5-4-6-9-16)23-15-17-10-7-11-18(14-17)26(24,25)20-2/h4-11,14,20H,3,12-13,15H2,1-2H3,(H2,21,22,23). The Balaban J connectivity index is 1.99. The van der Waals surface area contributed by atoms with Crippen LogP contribution < -0.4 is 15.4 Å². The third-order valence-corrected chi connectivity index (χ3v) is 5.20. The van der Waals surface area contributed by atoms with E-state index in [1.807, 2.05) is 31.2 Å². The van der Waals surface area contributed by atoms with Crippen molar-refractivity contribution in [1.82, 2.24) is 15.4 Å². The summed E-state index contributed by atoms with van der Waals surface area (Å²) in [6, 6.07) is 17.1. The highest BCUT2D eigenvalue weighted by atomic mass is 32.2. The molecule has 6 nitrogen and oxygen atoms in total. The number of nitrogens with zero attached hydrogens (tertiary/aromatic N) is 1. The molecule has 7 heteroatoms. The molecule has 0 amide bonds. The molecular weight excluding hydrogens is 348 g/mol. The van der Waals surface area contributed by atoms with Crippen molar-refractivity contribution in [2.75, 3.05) is 20.1 Å². The first kappa shape index (κ1) is 19.9. The van der Waals surface area contributed by atoms with Crippen LogP contribution in [0.4, 0.5) is 0 Å². The van der Waals surface area contributed by atoms with E-state index < -0.39 is 10.0 Å². The van der Waals surface area contributed by atoms with E-state index in [9.17, 15) is 8.42 Å². The van der Waals surface area contributed by atoms with E-state index in [2.05, 4.69) is 32.5 Å². The molecule has 0 aliphatic carbocycles. The molecule has 2 aromatic carbocycles. The van der Waals surface area contributed by atoms with Gasteiger partial charge in [-0.25, -0.2) is 18.1 Å². The first-order chi connectivity index (χ1) is 12.5. The number of hydrogen-bond acceptors (Lipinski definition) is 3. The highest BCUT2D eigenvalue weighted by Gasteiger charge is 2.11. The first-order valence-corrected chi connectivity index (χ1v) is 10.1. The smallest absolute Gasteiger partial charge is 0.240 e. The lowest BCUT2D eigenvalue weighted by Gasteiger charge is -2.11. The molecule has 0 aliphatic heterocycles. The molecule has 0 saturated carbocycles. The van der Waals surface area contributed by atoms with Crippen LogP contribution in [0.5, 0.6) is 0 Å². The maximum Gasteiger partial charge on any atom is 0.240 e. The summed E-state index contributed by atoms with van der Waals surface area (Å²) in [5, 5.41) is 6.51. The topological polar surface area (TPSA) is 82.6 Å². The summed E-state index contributed by atoms with van der Waals surface area (Å²) in [6.07, 6.45) is 0.904. The van der Waals surface area contributed by atoms with Gasteiger partial charge in [-0.05, 0) is 43.7 Å². The number of nitrogens with one attached hydrogen (secondary N) is 3. The number of hydrogen-bond donors (Lipinski definition) is 3. The van der Waals surface area contributed by atoms with Crippen molar-refractivity contribution in [1.29, 1.82) is 0 Å². The lowest BCUT2D eigenvalue weighted by Crippen LogP contribution is -2.38. The predicted molar refractivity (Wildman–Crippen MR) is 106 cm³/mol. The fourth-order valence-electron chi connectivity index (χ4n) is 2.41. The Morgan fingerprint density at radius 3 is 2.42 bits per heavy atom. The highest BCUT2D eigenvalue weighted by molar-refractivity contribution is 7.89. The zero-order valence-corrected chi connectivity index (χ0v) is 16.0. The number of rotatable bonds is 8. The van der Waals surface area contributed by atoms with Gasteiger partial charge in [0.15, 0.2) is 5.96 Å². The van der Waals surface area contributed by atoms with Crippen molar-refractivity contribution in [2.24, 2.45) is 4.99 Å². The van der Waals surface area contributed by atoms with Gasteiger partial charge in [0.05, 0.1) is 11.4 Å². The summed E-state index contributed by atoms with van der Waals surface area (Å²) >= 11 is 0. The maximum atomic E-state index is 11.9. The average molecular weight is 375 g/mol. The molecule has 2 aromatic rings. The zero-order chi connectivity index (χ0) is 18.8. The van der Waals surface area contributed by atoms with Crippen LogP contribution in [0.25, 0.3) is 0 Å². The number of guanidine groups is 1. The highest BCUT2D eigenvalue weighted by Crippen LogP contribution is 2.11. The Bertz CT molecular complexity index is 820. The van der Waals surface area contributed by atoms with Gasteiger partial charge in [0.25, 0.3) is 0 Å². The third-order valence-electron chi connectivity index (χ3n) is 3.79.